The number of carboxylic acids is 1. The highest BCUT2D eigenvalue weighted by atomic mass is 19.4. The van der Waals surface area contributed by atoms with Crippen molar-refractivity contribution in [3.63, 3.8) is 0 Å². The molecule has 2 N–H and O–H groups in total. The minimum absolute atomic E-state index is 0.237. The van der Waals surface area contributed by atoms with Gasteiger partial charge in [0.25, 0.3) is 0 Å². The number of amides is 1. The number of carbonyl (C=O) groups excluding carboxylic acids is 1. The average molecular weight is 305 g/mol. The summed E-state index contributed by atoms with van der Waals surface area (Å²) in [5.74, 6) is -2.04. The van der Waals surface area contributed by atoms with Gasteiger partial charge in [0, 0.05) is 0 Å². The Morgan fingerprint density at radius 2 is 2.05 bits per heavy atom. The van der Waals surface area contributed by atoms with Crippen LogP contribution in [0.5, 0.6) is 5.75 Å². The van der Waals surface area contributed by atoms with Crippen LogP contribution in [0, 0.1) is 0 Å². The van der Waals surface area contributed by atoms with E-state index in [4.69, 9.17) is 9.84 Å². The molecule has 1 atom stereocenters. The highest BCUT2D eigenvalue weighted by Crippen LogP contribution is 2.21. The van der Waals surface area contributed by atoms with Crippen molar-refractivity contribution in [3.8, 4) is 5.75 Å². The molecule has 0 aliphatic rings. The van der Waals surface area contributed by atoms with Gasteiger partial charge in [-0.25, -0.2) is 4.79 Å². The summed E-state index contributed by atoms with van der Waals surface area (Å²) in [6.45, 7) is 0. The van der Waals surface area contributed by atoms with Gasteiger partial charge in [-0.05, 0) is 17.7 Å². The van der Waals surface area contributed by atoms with Crippen LogP contribution in [0.15, 0.2) is 24.3 Å². The van der Waals surface area contributed by atoms with Gasteiger partial charge in [-0.15, -0.1) is 0 Å². The van der Waals surface area contributed by atoms with Gasteiger partial charge in [-0.2, -0.15) is 13.2 Å². The van der Waals surface area contributed by atoms with Crippen LogP contribution in [0.4, 0.5) is 13.2 Å². The molecule has 0 aliphatic carbocycles. The summed E-state index contributed by atoms with van der Waals surface area (Å²) in [6.07, 6.45) is -6.53. The minimum Gasteiger partial charge on any atom is -0.497 e. The lowest BCUT2D eigenvalue weighted by Crippen LogP contribution is -2.44. The first kappa shape index (κ1) is 16.8. The number of hydrogen-bond acceptors (Lipinski definition) is 3. The Kier molecular flexibility index (Phi) is 5.57. The maximum Gasteiger partial charge on any atom is 0.391 e. The molecule has 1 unspecified atom stereocenters. The highest BCUT2D eigenvalue weighted by molar-refractivity contribution is 5.84. The van der Waals surface area contributed by atoms with E-state index in [9.17, 15) is 22.8 Å². The fourth-order valence-corrected chi connectivity index (χ4v) is 1.64. The maximum absolute atomic E-state index is 12.2. The van der Waals surface area contributed by atoms with E-state index in [1.165, 1.54) is 7.11 Å². The van der Waals surface area contributed by atoms with Crippen molar-refractivity contribution in [3.05, 3.63) is 29.8 Å². The Labute approximate surface area is 118 Å². The normalized spacial score (nSPS) is 12.6. The van der Waals surface area contributed by atoms with Crippen LogP contribution in [0.25, 0.3) is 0 Å². The van der Waals surface area contributed by atoms with E-state index < -0.39 is 30.5 Å². The van der Waals surface area contributed by atoms with Crippen molar-refractivity contribution in [1.82, 2.24) is 5.32 Å². The quantitative estimate of drug-likeness (QED) is 0.839. The lowest BCUT2D eigenvalue weighted by Gasteiger charge is -2.16. The maximum atomic E-state index is 12.2. The number of nitrogens with one attached hydrogen (secondary N) is 1. The van der Waals surface area contributed by atoms with Gasteiger partial charge < -0.3 is 15.2 Å². The molecule has 8 heteroatoms. The third-order valence-corrected chi connectivity index (χ3v) is 2.57. The fraction of sp³-hybridized carbons (Fsp3) is 0.385. The molecule has 0 heterocycles. The van der Waals surface area contributed by atoms with E-state index in [1.54, 1.807) is 24.3 Å². The largest absolute Gasteiger partial charge is 0.497 e. The van der Waals surface area contributed by atoms with Gasteiger partial charge >= 0.3 is 12.1 Å². The molecule has 1 rings (SSSR count). The molecule has 0 fully saturated rings. The zero-order valence-electron chi connectivity index (χ0n) is 11.1. The molecule has 0 spiro atoms. The number of ether oxygens (including phenoxy) is 1. The van der Waals surface area contributed by atoms with Gasteiger partial charge in [0.2, 0.25) is 5.91 Å². The second-order valence-electron chi connectivity index (χ2n) is 4.31. The summed E-state index contributed by atoms with van der Waals surface area (Å²) >= 11 is 0. The van der Waals surface area contributed by atoms with Crippen LogP contribution in [0.1, 0.15) is 12.0 Å². The second kappa shape index (κ2) is 6.96. The number of carboxylic acid groups (broad SMARTS) is 1. The first-order valence-electron chi connectivity index (χ1n) is 5.93. The van der Waals surface area contributed by atoms with Crippen LogP contribution in [-0.2, 0) is 16.0 Å². The van der Waals surface area contributed by atoms with Gasteiger partial charge in [-0.1, -0.05) is 12.1 Å². The summed E-state index contributed by atoms with van der Waals surface area (Å²) in [4.78, 5) is 22.4. The van der Waals surface area contributed by atoms with Gasteiger partial charge in [-0.3, -0.25) is 4.79 Å². The zero-order valence-corrected chi connectivity index (χ0v) is 11.1. The fourth-order valence-electron chi connectivity index (χ4n) is 1.64. The second-order valence-corrected chi connectivity index (χ2v) is 4.31. The van der Waals surface area contributed by atoms with Gasteiger partial charge in [0.1, 0.15) is 11.8 Å². The molecule has 5 nitrogen and oxygen atoms in total. The molecule has 1 aromatic rings. The van der Waals surface area contributed by atoms with Crippen molar-refractivity contribution < 1.29 is 32.6 Å². The standard InChI is InChI=1S/C13H14F3NO4/c1-21-9-4-2-3-8(5-9)6-11(18)17-10(12(19)20)7-13(14,15)16/h2-5,10H,6-7H2,1H3,(H,17,18)(H,19,20). The van der Waals surface area contributed by atoms with E-state index >= 15 is 0 Å². The SMILES string of the molecule is COc1cccc(CC(=O)NC(CC(F)(F)F)C(=O)O)c1. The highest BCUT2D eigenvalue weighted by Gasteiger charge is 2.36. The number of aliphatic carboxylic acids is 1. The Morgan fingerprint density at radius 3 is 2.57 bits per heavy atom. The molecule has 21 heavy (non-hydrogen) atoms. The molecule has 0 aromatic heterocycles. The summed E-state index contributed by atoms with van der Waals surface area (Å²) in [6, 6.07) is 4.39. The molecule has 0 saturated carbocycles. The Morgan fingerprint density at radius 1 is 1.38 bits per heavy atom. The summed E-state index contributed by atoms with van der Waals surface area (Å²) < 4.78 is 41.6. The van der Waals surface area contributed by atoms with Crippen LogP contribution in [-0.4, -0.2) is 36.3 Å². The Balaban J connectivity index is 2.67. The van der Waals surface area contributed by atoms with E-state index in [0.717, 1.165) is 0 Å². The van der Waals surface area contributed by atoms with Gasteiger partial charge in [0.05, 0.1) is 20.0 Å². The molecule has 0 aliphatic heterocycles. The summed E-state index contributed by atoms with van der Waals surface area (Å²) in [7, 11) is 1.43. The third kappa shape index (κ3) is 6.15. The molecule has 0 radical (unpaired) electrons. The minimum atomic E-state index is -4.67. The number of methoxy groups -OCH3 is 1. The van der Waals surface area contributed by atoms with Crippen molar-refractivity contribution >= 4 is 11.9 Å². The van der Waals surface area contributed by atoms with Crippen molar-refractivity contribution in [1.29, 1.82) is 0 Å². The molecule has 116 valence electrons. The molecule has 0 saturated heterocycles. The smallest absolute Gasteiger partial charge is 0.391 e. The van der Waals surface area contributed by atoms with Crippen molar-refractivity contribution in [2.75, 3.05) is 7.11 Å². The van der Waals surface area contributed by atoms with Gasteiger partial charge in [0.15, 0.2) is 0 Å². The molecule has 1 aromatic carbocycles. The number of halogens is 3. The monoisotopic (exact) mass is 305 g/mol. The zero-order chi connectivity index (χ0) is 16.0. The van der Waals surface area contributed by atoms with E-state index in [2.05, 4.69) is 0 Å². The van der Waals surface area contributed by atoms with Crippen LogP contribution in [0.2, 0.25) is 0 Å². The third-order valence-electron chi connectivity index (χ3n) is 2.57. The number of rotatable bonds is 6. The summed E-state index contributed by atoms with van der Waals surface area (Å²) in [5, 5.41) is 10.6. The number of benzene rings is 1. The van der Waals surface area contributed by atoms with E-state index in [-0.39, 0.29) is 6.42 Å². The van der Waals surface area contributed by atoms with Crippen LogP contribution >= 0.6 is 0 Å². The first-order valence-corrected chi connectivity index (χ1v) is 5.93. The van der Waals surface area contributed by atoms with E-state index in [1.807, 2.05) is 5.32 Å². The average Bonchev–Trinajstić information content (AvgIpc) is 2.36. The predicted molar refractivity (Wildman–Crippen MR) is 66.9 cm³/mol. The summed E-state index contributed by atoms with van der Waals surface area (Å²) in [5.41, 5.74) is 0.503. The number of alkyl halides is 3. The molecular formula is C13H14F3NO4. The Hall–Kier alpha value is -2.25. The van der Waals surface area contributed by atoms with Crippen LogP contribution in [0.3, 0.4) is 0 Å². The molecular weight excluding hydrogens is 291 g/mol. The lowest BCUT2D eigenvalue weighted by atomic mass is 10.1. The molecule has 1 amide bonds. The van der Waals surface area contributed by atoms with Crippen molar-refractivity contribution in [2.45, 2.75) is 25.1 Å². The predicted octanol–water partition coefficient (Wildman–Crippen LogP) is 1.76. The first-order chi connectivity index (χ1) is 9.71. The lowest BCUT2D eigenvalue weighted by molar-refractivity contribution is -0.159. The number of hydrogen-bond donors (Lipinski definition) is 2. The van der Waals surface area contributed by atoms with Crippen LogP contribution < -0.4 is 10.1 Å². The Bertz CT molecular complexity index is 516. The number of carbonyl (C=O) groups is 2. The van der Waals surface area contributed by atoms with Crippen molar-refractivity contribution in [2.24, 2.45) is 0 Å². The van der Waals surface area contributed by atoms with E-state index in [0.29, 0.717) is 11.3 Å². The topological polar surface area (TPSA) is 75.6 Å². The molecule has 0 bridgehead atoms.